The molecule has 3 aromatic rings. The molecule has 0 bridgehead atoms. The fourth-order valence-corrected chi connectivity index (χ4v) is 3.27. The zero-order valence-electron chi connectivity index (χ0n) is 12.9. The third-order valence-corrected chi connectivity index (χ3v) is 4.82. The molecule has 5 heteroatoms. The van der Waals surface area contributed by atoms with Crippen LogP contribution in [0, 0.1) is 0 Å². The topological polar surface area (TPSA) is 46.9 Å². The van der Waals surface area contributed by atoms with Crippen molar-refractivity contribution >= 4 is 17.2 Å². The van der Waals surface area contributed by atoms with Crippen LogP contribution in [0.5, 0.6) is 0 Å². The normalized spacial score (nSPS) is 13.4. The monoisotopic (exact) mass is 325 g/mol. The van der Waals surface area contributed by atoms with E-state index in [0.717, 1.165) is 6.42 Å². The molecule has 2 atom stereocenters. The molecule has 2 heterocycles. The number of rotatable bonds is 6. The number of amides is 1. The van der Waals surface area contributed by atoms with E-state index in [1.807, 2.05) is 47.3 Å². The van der Waals surface area contributed by atoms with Gasteiger partial charge in [0.1, 0.15) is 6.04 Å². The largest absolute Gasteiger partial charge is 0.346 e. The molecule has 23 heavy (non-hydrogen) atoms. The van der Waals surface area contributed by atoms with E-state index in [0.29, 0.717) is 0 Å². The molecule has 0 aliphatic heterocycles. The number of hydrogen-bond acceptors (Lipinski definition) is 3. The van der Waals surface area contributed by atoms with Crippen molar-refractivity contribution in [3.8, 4) is 0 Å². The SMILES string of the molecule is C[C@H](C(=O)N[C@H](Cc1ccccc1)c1cccs1)n1ccnc1. The van der Waals surface area contributed by atoms with Gasteiger partial charge in [0.25, 0.3) is 0 Å². The van der Waals surface area contributed by atoms with Crippen molar-refractivity contribution in [2.75, 3.05) is 0 Å². The number of nitrogens with one attached hydrogen (secondary N) is 1. The van der Waals surface area contributed by atoms with Crippen molar-refractivity contribution in [3.63, 3.8) is 0 Å². The van der Waals surface area contributed by atoms with Crippen LogP contribution in [0.25, 0.3) is 0 Å². The zero-order chi connectivity index (χ0) is 16.1. The average Bonchev–Trinajstić information content (AvgIpc) is 3.28. The minimum Gasteiger partial charge on any atom is -0.346 e. The fourth-order valence-electron chi connectivity index (χ4n) is 2.49. The molecular weight excluding hydrogens is 306 g/mol. The van der Waals surface area contributed by atoms with Gasteiger partial charge in [0.05, 0.1) is 12.4 Å². The number of carbonyl (C=O) groups excluding carboxylic acids is 1. The van der Waals surface area contributed by atoms with Crippen LogP contribution < -0.4 is 5.32 Å². The van der Waals surface area contributed by atoms with Gasteiger partial charge in [-0.2, -0.15) is 0 Å². The second-order valence-corrected chi connectivity index (χ2v) is 6.43. The van der Waals surface area contributed by atoms with Crippen molar-refractivity contribution < 1.29 is 4.79 Å². The molecular formula is C18H19N3OS. The van der Waals surface area contributed by atoms with Crippen LogP contribution in [0.3, 0.4) is 0 Å². The Morgan fingerprint density at radius 1 is 1.26 bits per heavy atom. The van der Waals surface area contributed by atoms with Crippen molar-refractivity contribution in [1.29, 1.82) is 0 Å². The summed E-state index contributed by atoms with van der Waals surface area (Å²) in [5.41, 5.74) is 1.21. The third-order valence-electron chi connectivity index (χ3n) is 3.84. The standard InChI is InChI=1S/C18H19N3OS/c1-14(21-10-9-19-13-21)18(22)20-16(17-8-5-11-23-17)12-15-6-3-2-4-7-15/h2-11,13-14,16H,12H2,1H3,(H,20,22)/t14-,16-/m1/s1. The van der Waals surface area contributed by atoms with Crippen LogP contribution in [0.1, 0.15) is 29.4 Å². The molecule has 0 unspecified atom stereocenters. The summed E-state index contributed by atoms with van der Waals surface area (Å²) in [5, 5.41) is 5.22. The Kier molecular flexibility index (Phi) is 4.88. The summed E-state index contributed by atoms with van der Waals surface area (Å²) >= 11 is 1.67. The molecule has 4 nitrogen and oxygen atoms in total. The predicted molar refractivity (Wildman–Crippen MR) is 92.3 cm³/mol. The van der Waals surface area contributed by atoms with Gasteiger partial charge in [0, 0.05) is 17.3 Å². The van der Waals surface area contributed by atoms with Gasteiger partial charge in [0.2, 0.25) is 5.91 Å². The fraction of sp³-hybridized carbons (Fsp3) is 0.222. The van der Waals surface area contributed by atoms with Crippen molar-refractivity contribution in [2.24, 2.45) is 0 Å². The molecule has 3 rings (SSSR count). The first-order valence-electron chi connectivity index (χ1n) is 7.59. The Bertz CT molecular complexity index is 723. The minimum absolute atomic E-state index is 0.00247. The van der Waals surface area contributed by atoms with Crippen molar-refractivity contribution in [3.05, 3.63) is 77.0 Å². The van der Waals surface area contributed by atoms with E-state index < -0.39 is 0 Å². The molecule has 1 amide bonds. The Morgan fingerprint density at radius 2 is 2.09 bits per heavy atom. The number of hydrogen-bond donors (Lipinski definition) is 1. The minimum atomic E-state index is -0.282. The van der Waals surface area contributed by atoms with Crippen LogP contribution in [0.4, 0.5) is 0 Å². The van der Waals surface area contributed by atoms with Gasteiger partial charge < -0.3 is 9.88 Å². The lowest BCUT2D eigenvalue weighted by atomic mass is 10.0. The van der Waals surface area contributed by atoms with Gasteiger partial charge in [-0.3, -0.25) is 4.79 Å². The molecule has 118 valence electrons. The highest BCUT2D eigenvalue weighted by Gasteiger charge is 2.20. The van der Waals surface area contributed by atoms with Crippen LogP contribution in [-0.4, -0.2) is 15.5 Å². The summed E-state index contributed by atoms with van der Waals surface area (Å²) in [6.45, 7) is 1.88. The average molecular weight is 325 g/mol. The highest BCUT2D eigenvalue weighted by molar-refractivity contribution is 7.10. The van der Waals surface area contributed by atoms with Crippen LogP contribution >= 0.6 is 11.3 Å². The second-order valence-electron chi connectivity index (χ2n) is 5.45. The smallest absolute Gasteiger partial charge is 0.243 e. The quantitative estimate of drug-likeness (QED) is 0.752. The molecule has 0 saturated heterocycles. The maximum Gasteiger partial charge on any atom is 0.243 e. The first-order chi connectivity index (χ1) is 11.2. The van der Waals surface area contributed by atoms with E-state index in [4.69, 9.17) is 0 Å². The summed E-state index contributed by atoms with van der Waals surface area (Å²) in [5.74, 6) is -0.00247. The zero-order valence-corrected chi connectivity index (χ0v) is 13.7. The Labute approximate surface area is 139 Å². The molecule has 0 fully saturated rings. The molecule has 0 saturated carbocycles. The van der Waals surface area contributed by atoms with E-state index in [-0.39, 0.29) is 18.0 Å². The first-order valence-corrected chi connectivity index (χ1v) is 8.47. The molecule has 0 radical (unpaired) electrons. The Balaban J connectivity index is 1.75. The number of imidazole rings is 1. The van der Waals surface area contributed by atoms with E-state index in [1.54, 1.807) is 23.9 Å². The summed E-state index contributed by atoms with van der Waals surface area (Å²) < 4.78 is 1.81. The number of aromatic nitrogens is 2. The van der Waals surface area contributed by atoms with E-state index in [1.165, 1.54) is 10.4 Å². The lowest BCUT2D eigenvalue weighted by molar-refractivity contribution is -0.124. The highest BCUT2D eigenvalue weighted by Crippen LogP contribution is 2.23. The number of benzene rings is 1. The summed E-state index contributed by atoms with van der Waals surface area (Å²) in [7, 11) is 0. The van der Waals surface area contributed by atoms with E-state index in [9.17, 15) is 4.79 Å². The third kappa shape index (κ3) is 3.87. The van der Waals surface area contributed by atoms with Gasteiger partial charge in [-0.15, -0.1) is 11.3 Å². The van der Waals surface area contributed by atoms with Gasteiger partial charge in [-0.1, -0.05) is 36.4 Å². The van der Waals surface area contributed by atoms with Gasteiger partial charge in [-0.25, -0.2) is 4.98 Å². The van der Waals surface area contributed by atoms with Crippen LogP contribution in [-0.2, 0) is 11.2 Å². The molecule has 1 aromatic carbocycles. The van der Waals surface area contributed by atoms with E-state index >= 15 is 0 Å². The number of nitrogens with zero attached hydrogens (tertiary/aromatic N) is 2. The summed E-state index contributed by atoms with van der Waals surface area (Å²) in [6.07, 6.45) is 5.94. The lowest BCUT2D eigenvalue weighted by Gasteiger charge is -2.21. The second kappa shape index (κ2) is 7.24. The van der Waals surface area contributed by atoms with Crippen molar-refractivity contribution in [2.45, 2.75) is 25.4 Å². The lowest BCUT2D eigenvalue weighted by Crippen LogP contribution is -2.34. The predicted octanol–water partition coefficient (Wildman–Crippen LogP) is 3.61. The molecule has 0 spiro atoms. The molecule has 0 aliphatic carbocycles. The maximum atomic E-state index is 12.6. The van der Waals surface area contributed by atoms with Gasteiger partial charge in [0.15, 0.2) is 0 Å². The Hall–Kier alpha value is -2.40. The van der Waals surface area contributed by atoms with Gasteiger partial charge >= 0.3 is 0 Å². The highest BCUT2D eigenvalue weighted by atomic mass is 32.1. The van der Waals surface area contributed by atoms with Crippen LogP contribution in [0.2, 0.25) is 0 Å². The van der Waals surface area contributed by atoms with Crippen LogP contribution in [0.15, 0.2) is 66.6 Å². The molecule has 1 N–H and O–H groups in total. The Morgan fingerprint density at radius 3 is 2.74 bits per heavy atom. The first kappa shape index (κ1) is 15.5. The maximum absolute atomic E-state index is 12.6. The summed E-state index contributed by atoms with van der Waals surface area (Å²) in [4.78, 5) is 17.8. The number of thiophene rings is 1. The number of carbonyl (C=O) groups is 1. The van der Waals surface area contributed by atoms with Gasteiger partial charge in [-0.05, 0) is 30.4 Å². The molecule has 2 aromatic heterocycles. The van der Waals surface area contributed by atoms with E-state index in [2.05, 4.69) is 28.5 Å². The molecule has 0 aliphatic rings. The summed E-state index contributed by atoms with van der Waals surface area (Å²) in [6, 6.07) is 14.0. The van der Waals surface area contributed by atoms with Crippen molar-refractivity contribution in [1.82, 2.24) is 14.9 Å².